The molecule has 3 saturated heterocycles. The van der Waals surface area contributed by atoms with Gasteiger partial charge in [0.2, 0.25) is 0 Å². The molecule has 5 atom stereocenters. The van der Waals surface area contributed by atoms with E-state index in [1.54, 1.807) is 44.7 Å². The number of likely N-dealkylation sites (tertiary alicyclic amines) is 1. The zero-order valence-corrected chi connectivity index (χ0v) is 27.1. The summed E-state index contributed by atoms with van der Waals surface area (Å²) >= 11 is 0. The second kappa shape index (κ2) is 13.8. The normalized spacial score (nSPS) is 28.2. The van der Waals surface area contributed by atoms with Gasteiger partial charge >= 0.3 is 12.1 Å². The minimum atomic E-state index is -1.43. The van der Waals surface area contributed by atoms with E-state index in [1.165, 1.54) is 0 Å². The fourth-order valence-corrected chi connectivity index (χ4v) is 6.70. The van der Waals surface area contributed by atoms with Crippen LogP contribution in [-0.4, -0.2) is 118 Å². The number of nitrogens with one attached hydrogen (secondary N) is 1. The van der Waals surface area contributed by atoms with E-state index in [4.69, 9.17) is 19.9 Å². The van der Waals surface area contributed by atoms with Crippen molar-refractivity contribution in [3.63, 3.8) is 0 Å². The maximum absolute atomic E-state index is 12.7. The number of ether oxygens (including phenoxy) is 3. The maximum Gasteiger partial charge on any atom is 0.411 e. The number of hydrogen-bond acceptors (Lipinski definition) is 10. The number of phenolic OH excluding ortho intramolecular Hbond substituents is 1. The van der Waals surface area contributed by atoms with E-state index >= 15 is 0 Å². The van der Waals surface area contributed by atoms with Gasteiger partial charge in [-0.15, -0.1) is 0 Å². The van der Waals surface area contributed by atoms with Gasteiger partial charge in [-0.1, -0.05) is 6.92 Å². The number of carbonyl (C=O) groups is 3. The molecule has 2 unspecified atom stereocenters. The van der Waals surface area contributed by atoms with Gasteiger partial charge in [-0.3, -0.25) is 15.4 Å². The molecule has 0 saturated carbocycles. The molecular formula is C32H50N4O9. The minimum absolute atomic E-state index is 0.0150. The Kier molecular flexibility index (Phi) is 10.7. The van der Waals surface area contributed by atoms with Crippen LogP contribution >= 0.6 is 0 Å². The summed E-state index contributed by atoms with van der Waals surface area (Å²) in [4.78, 5) is 42.0. The Balaban J connectivity index is 1.37. The van der Waals surface area contributed by atoms with Crippen molar-refractivity contribution in [3.05, 3.63) is 28.8 Å². The molecule has 6 N–H and O–H groups in total. The first kappa shape index (κ1) is 34.9. The van der Waals surface area contributed by atoms with Crippen molar-refractivity contribution in [2.24, 2.45) is 11.7 Å². The molecule has 3 aliphatic rings. The molecule has 45 heavy (non-hydrogen) atoms. The van der Waals surface area contributed by atoms with Crippen LogP contribution in [0, 0.1) is 19.8 Å². The number of aromatic hydroxyl groups is 1. The number of benzene rings is 1. The van der Waals surface area contributed by atoms with Gasteiger partial charge in [-0.25, -0.2) is 9.59 Å². The zero-order valence-electron chi connectivity index (χ0n) is 27.1. The fourth-order valence-electron chi connectivity index (χ4n) is 6.70. The predicted octanol–water partition coefficient (Wildman–Crippen LogP) is 2.13. The topological polar surface area (TPSA) is 184 Å². The molecule has 13 nitrogen and oxygen atoms in total. The van der Waals surface area contributed by atoms with Crippen LogP contribution in [0.25, 0.3) is 0 Å². The smallest absolute Gasteiger partial charge is 0.411 e. The Labute approximate surface area is 265 Å². The number of carbonyl (C=O) groups excluding carboxylic acids is 2. The van der Waals surface area contributed by atoms with E-state index in [0.717, 1.165) is 0 Å². The maximum atomic E-state index is 12.7. The third-order valence-corrected chi connectivity index (χ3v) is 9.43. The highest BCUT2D eigenvalue weighted by Gasteiger charge is 2.50. The molecule has 1 aromatic carbocycles. The Morgan fingerprint density at radius 2 is 1.89 bits per heavy atom. The Hall–Kier alpha value is -2.97. The number of aliphatic hydroxyl groups excluding tert-OH is 1. The summed E-state index contributed by atoms with van der Waals surface area (Å²) in [5, 5.41) is 34.0. The molecule has 1 aromatic rings. The van der Waals surface area contributed by atoms with Crippen molar-refractivity contribution < 1.29 is 43.9 Å². The van der Waals surface area contributed by atoms with Crippen molar-refractivity contribution in [3.8, 4) is 5.75 Å². The third kappa shape index (κ3) is 8.25. The van der Waals surface area contributed by atoms with Crippen LogP contribution in [-0.2, 0) is 19.0 Å². The lowest BCUT2D eigenvalue weighted by molar-refractivity contribution is -0.199. The SMILES string of the molecule is Cc1cc(C(=O)NCC(O)C[C@@H]2O[C@@](CCN3CCOC[C@@]34CCN(C(=O)OC(C)(C)N)C4)(C(=O)O)CCC2C)cc(C)c1O. The molecule has 4 rings (SSSR count). The van der Waals surface area contributed by atoms with Gasteiger partial charge in [-0.05, 0) is 82.6 Å². The van der Waals surface area contributed by atoms with Crippen LogP contribution in [0.15, 0.2) is 12.1 Å². The number of rotatable bonds is 10. The average Bonchev–Trinajstić information content (AvgIpc) is 3.39. The number of nitrogens with two attached hydrogens (primary N) is 1. The standard InChI is InChI=1S/C32H50N4O9/c1-20-6-7-32(28(40)41,44-25(20)16-24(37)17-34-27(39)23-14-21(2)26(38)22(3)15-23)9-11-36-12-13-43-19-31(36)8-10-35(18-31)29(42)45-30(4,5)33/h14-15,20,24-25,37-38H,6-13,16-19,33H2,1-5H3,(H,34,39)(H,40,41)/t20?,24?,25-,31-,32-/m0/s1. The van der Waals surface area contributed by atoms with Crippen molar-refractivity contribution in [2.45, 2.75) is 95.8 Å². The summed E-state index contributed by atoms with van der Waals surface area (Å²) in [6.45, 7) is 11.4. The molecule has 0 bridgehead atoms. The molecular weight excluding hydrogens is 584 g/mol. The van der Waals surface area contributed by atoms with Crippen LogP contribution in [0.4, 0.5) is 4.79 Å². The van der Waals surface area contributed by atoms with Crippen molar-refractivity contribution in [2.75, 3.05) is 45.9 Å². The van der Waals surface area contributed by atoms with E-state index in [0.29, 0.717) is 75.3 Å². The first-order valence-electron chi connectivity index (χ1n) is 15.8. The summed E-state index contributed by atoms with van der Waals surface area (Å²) in [7, 11) is 0. The van der Waals surface area contributed by atoms with Gasteiger partial charge in [0.25, 0.3) is 5.91 Å². The second-order valence-corrected chi connectivity index (χ2v) is 13.7. The minimum Gasteiger partial charge on any atom is -0.507 e. The fraction of sp³-hybridized carbons (Fsp3) is 0.719. The summed E-state index contributed by atoms with van der Waals surface area (Å²) in [5.41, 5.74) is 4.45. The van der Waals surface area contributed by atoms with E-state index in [-0.39, 0.29) is 37.0 Å². The highest BCUT2D eigenvalue weighted by atomic mass is 16.6. The number of hydrogen-bond donors (Lipinski definition) is 5. The number of carboxylic acid groups (broad SMARTS) is 1. The summed E-state index contributed by atoms with van der Waals surface area (Å²) in [5.74, 6) is -1.25. The lowest BCUT2D eigenvalue weighted by atomic mass is 9.81. The molecule has 13 heteroatoms. The van der Waals surface area contributed by atoms with E-state index in [2.05, 4.69) is 10.2 Å². The van der Waals surface area contributed by atoms with Crippen LogP contribution in [0.2, 0.25) is 0 Å². The molecule has 252 valence electrons. The summed E-state index contributed by atoms with van der Waals surface area (Å²) in [6.07, 6.45) is 0.0704. The van der Waals surface area contributed by atoms with Gasteiger partial charge in [-0.2, -0.15) is 0 Å². The lowest BCUT2D eigenvalue weighted by Crippen LogP contribution is -2.60. The number of morpholine rings is 1. The monoisotopic (exact) mass is 634 g/mol. The first-order chi connectivity index (χ1) is 21.0. The number of aryl methyl sites for hydroxylation is 2. The van der Waals surface area contributed by atoms with Gasteiger partial charge in [0.15, 0.2) is 11.3 Å². The Morgan fingerprint density at radius 1 is 1.20 bits per heavy atom. The number of amides is 2. The second-order valence-electron chi connectivity index (χ2n) is 13.7. The molecule has 1 spiro atoms. The van der Waals surface area contributed by atoms with Gasteiger partial charge < -0.3 is 39.7 Å². The van der Waals surface area contributed by atoms with E-state index in [1.807, 2.05) is 6.92 Å². The summed E-state index contributed by atoms with van der Waals surface area (Å²) in [6, 6.07) is 3.18. The number of phenols is 1. The highest BCUT2D eigenvalue weighted by molar-refractivity contribution is 5.94. The Morgan fingerprint density at radius 3 is 2.53 bits per heavy atom. The molecule has 0 radical (unpaired) electrons. The number of aliphatic carboxylic acids is 1. The van der Waals surface area contributed by atoms with Gasteiger partial charge in [0.1, 0.15) is 5.75 Å². The van der Waals surface area contributed by atoms with Gasteiger partial charge in [0.05, 0.1) is 31.0 Å². The van der Waals surface area contributed by atoms with Crippen molar-refractivity contribution in [1.29, 1.82) is 0 Å². The van der Waals surface area contributed by atoms with E-state index < -0.39 is 41.1 Å². The molecule has 3 aliphatic heterocycles. The quantitative estimate of drug-likeness (QED) is 0.238. The van der Waals surface area contributed by atoms with Crippen molar-refractivity contribution in [1.82, 2.24) is 15.1 Å². The van der Waals surface area contributed by atoms with Crippen LogP contribution < -0.4 is 11.1 Å². The number of aliphatic hydroxyl groups is 1. The first-order valence-corrected chi connectivity index (χ1v) is 15.8. The third-order valence-electron chi connectivity index (χ3n) is 9.43. The Bertz CT molecular complexity index is 1230. The lowest BCUT2D eigenvalue weighted by Gasteiger charge is -2.47. The largest absolute Gasteiger partial charge is 0.507 e. The molecule has 2 amide bonds. The van der Waals surface area contributed by atoms with Crippen LogP contribution in [0.3, 0.4) is 0 Å². The van der Waals surface area contributed by atoms with Crippen molar-refractivity contribution >= 4 is 18.0 Å². The molecule has 0 aliphatic carbocycles. The molecule has 3 fully saturated rings. The average molecular weight is 635 g/mol. The molecule has 3 heterocycles. The zero-order chi connectivity index (χ0) is 33.2. The van der Waals surface area contributed by atoms with Gasteiger partial charge in [0, 0.05) is 44.7 Å². The van der Waals surface area contributed by atoms with E-state index in [9.17, 15) is 29.7 Å². The highest BCUT2D eigenvalue weighted by Crippen LogP contribution is 2.39. The van der Waals surface area contributed by atoms with Crippen LogP contribution in [0.5, 0.6) is 5.75 Å². The number of nitrogens with zero attached hydrogens (tertiary/aromatic N) is 2. The predicted molar refractivity (Wildman–Crippen MR) is 165 cm³/mol. The molecule has 0 aromatic heterocycles. The summed E-state index contributed by atoms with van der Waals surface area (Å²) < 4.78 is 17.6. The van der Waals surface area contributed by atoms with Crippen LogP contribution in [0.1, 0.15) is 74.4 Å². The number of carboxylic acids is 1.